The van der Waals surface area contributed by atoms with Crippen molar-refractivity contribution in [2.45, 2.75) is 38.0 Å². The van der Waals surface area contributed by atoms with Crippen molar-refractivity contribution >= 4 is 21.6 Å². The third-order valence-electron chi connectivity index (χ3n) is 5.83. The molecule has 1 N–H and O–H groups in total. The highest BCUT2D eigenvalue weighted by molar-refractivity contribution is 7.92. The maximum atomic E-state index is 13.0. The molecule has 31 heavy (non-hydrogen) atoms. The monoisotopic (exact) mass is 443 g/mol. The summed E-state index contributed by atoms with van der Waals surface area (Å²) in [4.78, 5) is 15.1. The Labute approximate surface area is 186 Å². The lowest BCUT2D eigenvalue weighted by Crippen LogP contribution is -2.36. The van der Waals surface area contributed by atoms with Crippen LogP contribution < -0.4 is 9.62 Å². The van der Waals surface area contributed by atoms with E-state index in [-0.39, 0.29) is 10.8 Å². The summed E-state index contributed by atoms with van der Waals surface area (Å²) in [6.07, 6.45) is 3.42. The number of hydrogen-bond donors (Lipinski definition) is 1. The second kappa shape index (κ2) is 10.3. The van der Waals surface area contributed by atoms with Crippen LogP contribution >= 0.6 is 0 Å². The minimum Gasteiger partial charge on any atom is -0.352 e. The lowest BCUT2D eigenvalue weighted by atomic mass is 10.0. The lowest BCUT2D eigenvalue weighted by molar-refractivity contribution is 0.0950. The van der Waals surface area contributed by atoms with Crippen LogP contribution in [0.15, 0.2) is 53.4 Å². The first-order chi connectivity index (χ1) is 14.8. The van der Waals surface area contributed by atoms with Crippen molar-refractivity contribution < 1.29 is 13.2 Å². The molecule has 1 amide bonds. The quantitative estimate of drug-likeness (QED) is 0.632. The summed E-state index contributed by atoms with van der Waals surface area (Å²) in [5, 5.41) is 2.92. The number of amides is 1. The van der Waals surface area contributed by atoms with Crippen molar-refractivity contribution in [1.82, 2.24) is 10.2 Å². The van der Waals surface area contributed by atoms with Crippen molar-refractivity contribution in [2.75, 3.05) is 37.5 Å². The van der Waals surface area contributed by atoms with Gasteiger partial charge in [0.15, 0.2) is 0 Å². The summed E-state index contributed by atoms with van der Waals surface area (Å²) in [6, 6.07) is 13.5. The van der Waals surface area contributed by atoms with Gasteiger partial charge in [0.05, 0.1) is 10.6 Å². The molecule has 168 valence electrons. The molecule has 0 unspecified atom stereocenters. The van der Waals surface area contributed by atoms with Crippen LogP contribution in [-0.2, 0) is 10.0 Å². The summed E-state index contributed by atoms with van der Waals surface area (Å²) < 4.78 is 27.3. The van der Waals surface area contributed by atoms with Gasteiger partial charge in [-0.05, 0) is 75.5 Å². The van der Waals surface area contributed by atoms with Gasteiger partial charge in [0.25, 0.3) is 15.9 Å². The van der Waals surface area contributed by atoms with Gasteiger partial charge in [0.2, 0.25) is 0 Å². The fraction of sp³-hybridized carbons (Fsp3) is 0.458. The Bertz CT molecular complexity index is 989. The minimum atomic E-state index is -3.76. The number of hydrogen-bond acceptors (Lipinski definition) is 4. The highest BCUT2D eigenvalue weighted by Crippen LogP contribution is 2.23. The van der Waals surface area contributed by atoms with Gasteiger partial charge in [-0.1, -0.05) is 30.7 Å². The molecule has 6 nitrogen and oxygen atoms in total. The van der Waals surface area contributed by atoms with Crippen molar-refractivity contribution in [3.63, 3.8) is 0 Å². The molecule has 1 aliphatic heterocycles. The second-order valence-corrected chi connectivity index (χ2v) is 10.5. The molecular weight excluding hydrogens is 410 g/mol. The predicted molar refractivity (Wildman–Crippen MR) is 125 cm³/mol. The maximum absolute atomic E-state index is 13.0. The minimum absolute atomic E-state index is 0.102. The van der Waals surface area contributed by atoms with Crippen molar-refractivity contribution in [3.05, 3.63) is 59.7 Å². The van der Waals surface area contributed by atoms with E-state index in [1.54, 1.807) is 24.3 Å². The van der Waals surface area contributed by atoms with E-state index < -0.39 is 10.0 Å². The van der Waals surface area contributed by atoms with E-state index in [2.05, 4.69) is 17.1 Å². The van der Waals surface area contributed by atoms with Crippen LogP contribution in [0.25, 0.3) is 0 Å². The molecule has 2 aromatic carbocycles. The number of anilines is 1. The fourth-order valence-electron chi connectivity index (χ4n) is 3.95. The standard InChI is InChI=1S/C24H33N3O3S/c1-19-10-12-22(13-11-19)26(3)31(29,30)23-9-4-8-21(17-23)24(28)25-14-6-16-27-15-5-7-20(2)18-27/h4,8-13,17,20H,5-7,14-16,18H2,1-3H3,(H,25,28)/t20-/m1/s1. The highest BCUT2D eigenvalue weighted by Gasteiger charge is 2.22. The first kappa shape index (κ1) is 23.3. The molecule has 2 aromatic rings. The normalized spacial score (nSPS) is 17.3. The van der Waals surface area contributed by atoms with Gasteiger partial charge in [0.1, 0.15) is 0 Å². The Kier molecular flexibility index (Phi) is 7.73. The smallest absolute Gasteiger partial charge is 0.264 e. The summed E-state index contributed by atoms with van der Waals surface area (Å²) in [6.45, 7) is 8.04. The van der Waals surface area contributed by atoms with E-state index >= 15 is 0 Å². The first-order valence-corrected chi connectivity index (χ1v) is 12.4. The zero-order valence-electron chi connectivity index (χ0n) is 18.7. The van der Waals surface area contributed by atoms with Crippen molar-refractivity contribution in [3.8, 4) is 0 Å². The van der Waals surface area contributed by atoms with Crippen LogP contribution in [0, 0.1) is 12.8 Å². The second-order valence-electron chi connectivity index (χ2n) is 8.49. The number of rotatable bonds is 8. The molecule has 0 aliphatic carbocycles. The number of carbonyl (C=O) groups is 1. The molecule has 1 heterocycles. The van der Waals surface area contributed by atoms with E-state index in [1.165, 1.54) is 36.3 Å². The van der Waals surface area contributed by atoms with E-state index in [0.717, 1.165) is 37.5 Å². The van der Waals surface area contributed by atoms with E-state index in [1.807, 2.05) is 19.1 Å². The van der Waals surface area contributed by atoms with Gasteiger partial charge in [-0.3, -0.25) is 9.10 Å². The van der Waals surface area contributed by atoms with Crippen LogP contribution in [0.5, 0.6) is 0 Å². The van der Waals surface area contributed by atoms with Crippen LogP contribution in [0.3, 0.4) is 0 Å². The Morgan fingerprint density at radius 2 is 1.94 bits per heavy atom. The van der Waals surface area contributed by atoms with Crippen molar-refractivity contribution in [1.29, 1.82) is 0 Å². The molecule has 0 bridgehead atoms. The first-order valence-electron chi connectivity index (χ1n) is 10.9. The summed E-state index contributed by atoms with van der Waals surface area (Å²) >= 11 is 0. The number of piperidine rings is 1. The van der Waals surface area contributed by atoms with Crippen LogP contribution in [0.4, 0.5) is 5.69 Å². The van der Waals surface area contributed by atoms with Gasteiger partial charge >= 0.3 is 0 Å². The molecule has 0 saturated carbocycles. The van der Waals surface area contributed by atoms with E-state index in [9.17, 15) is 13.2 Å². The topological polar surface area (TPSA) is 69.7 Å². The zero-order chi connectivity index (χ0) is 22.4. The maximum Gasteiger partial charge on any atom is 0.264 e. The molecule has 1 aliphatic rings. The summed E-state index contributed by atoms with van der Waals surface area (Å²) in [7, 11) is -2.24. The molecule has 0 aromatic heterocycles. The van der Waals surface area contributed by atoms with Gasteiger partial charge in [-0.15, -0.1) is 0 Å². The number of likely N-dealkylation sites (tertiary alicyclic amines) is 1. The number of carbonyl (C=O) groups excluding carboxylic acids is 1. The van der Waals surface area contributed by atoms with Gasteiger partial charge in [-0.2, -0.15) is 0 Å². The molecule has 1 atom stereocenters. The number of aryl methyl sites for hydroxylation is 1. The predicted octanol–water partition coefficient (Wildman–Crippen LogP) is 3.67. The molecule has 7 heteroatoms. The Morgan fingerprint density at radius 1 is 1.19 bits per heavy atom. The van der Waals surface area contributed by atoms with E-state index in [0.29, 0.717) is 17.8 Å². The van der Waals surface area contributed by atoms with Gasteiger partial charge in [0, 0.05) is 25.7 Å². The average Bonchev–Trinajstić information content (AvgIpc) is 2.77. The molecule has 3 rings (SSSR count). The fourth-order valence-corrected chi connectivity index (χ4v) is 5.19. The largest absolute Gasteiger partial charge is 0.352 e. The van der Waals surface area contributed by atoms with E-state index in [4.69, 9.17) is 0 Å². The lowest BCUT2D eigenvalue weighted by Gasteiger charge is -2.30. The third-order valence-corrected chi connectivity index (χ3v) is 7.61. The van der Waals surface area contributed by atoms with Crippen LogP contribution in [-0.4, -0.2) is 52.5 Å². The third kappa shape index (κ3) is 6.08. The zero-order valence-corrected chi connectivity index (χ0v) is 19.5. The SMILES string of the molecule is Cc1ccc(N(C)S(=O)(=O)c2cccc(C(=O)NCCCN3CCC[C@@H](C)C3)c2)cc1. The summed E-state index contributed by atoms with van der Waals surface area (Å²) in [5.74, 6) is 0.494. The van der Waals surface area contributed by atoms with Gasteiger partial charge < -0.3 is 10.2 Å². The Balaban J connectivity index is 1.59. The molecule has 1 saturated heterocycles. The molecule has 0 spiro atoms. The van der Waals surface area contributed by atoms with Crippen LogP contribution in [0.2, 0.25) is 0 Å². The Morgan fingerprint density at radius 3 is 2.65 bits per heavy atom. The van der Waals surface area contributed by atoms with Crippen LogP contribution in [0.1, 0.15) is 42.1 Å². The average molecular weight is 444 g/mol. The highest BCUT2D eigenvalue weighted by atomic mass is 32.2. The number of sulfonamides is 1. The number of benzene rings is 2. The Hall–Kier alpha value is -2.38. The van der Waals surface area contributed by atoms with Crippen molar-refractivity contribution in [2.24, 2.45) is 5.92 Å². The molecule has 1 fully saturated rings. The number of nitrogens with zero attached hydrogens (tertiary/aromatic N) is 2. The van der Waals surface area contributed by atoms with Gasteiger partial charge in [-0.25, -0.2) is 8.42 Å². The number of nitrogens with one attached hydrogen (secondary N) is 1. The molecule has 0 radical (unpaired) electrons. The molecular formula is C24H33N3O3S. The summed E-state index contributed by atoms with van der Waals surface area (Å²) in [5.41, 5.74) is 1.99.